The van der Waals surface area contributed by atoms with E-state index in [9.17, 15) is 36.3 Å². The largest absolute Gasteiger partial charge is 0.362 e. The van der Waals surface area contributed by atoms with Gasteiger partial charge in [-0.05, 0) is 18.8 Å². The second-order valence-electron chi connectivity index (χ2n) is 7.47. The lowest BCUT2D eigenvalue weighted by molar-refractivity contribution is -0.143. The van der Waals surface area contributed by atoms with Crippen LogP contribution in [0.25, 0.3) is 0 Å². The molecule has 2 rings (SSSR count). The van der Waals surface area contributed by atoms with E-state index in [4.69, 9.17) is 5.26 Å². The third-order valence-corrected chi connectivity index (χ3v) is 5.25. The van der Waals surface area contributed by atoms with Crippen molar-refractivity contribution in [2.24, 2.45) is 5.92 Å². The Balaban J connectivity index is 2.01. The lowest BCUT2D eigenvalue weighted by atomic mass is 10.1. The van der Waals surface area contributed by atoms with Crippen LogP contribution in [0.2, 0.25) is 0 Å². The molecule has 1 heterocycles. The zero-order valence-electron chi connectivity index (χ0n) is 16.0. The molecule has 1 N–H and O–H groups in total. The van der Waals surface area contributed by atoms with Crippen LogP contribution in [0.5, 0.6) is 0 Å². The molecule has 7 nitrogen and oxygen atoms in total. The van der Waals surface area contributed by atoms with Gasteiger partial charge in [0.1, 0.15) is 12.1 Å². The summed E-state index contributed by atoms with van der Waals surface area (Å²) in [5.41, 5.74) is -4.71. The normalized spacial score (nSPS) is 26.9. The van der Waals surface area contributed by atoms with E-state index < -0.39 is 53.9 Å². The summed E-state index contributed by atoms with van der Waals surface area (Å²) in [5.74, 6) is -14.0. The predicted octanol–water partition coefficient (Wildman–Crippen LogP) is 1.09. The van der Waals surface area contributed by atoms with E-state index in [1.165, 1.54) is 18.9 Å². The van der Waals surface area contributed by atoms with Gasteiger partial charge in [0, 0.05) is 13.6 Å². The number of carbonyl (C=O) groups is 3. The molecule has 1 aliphatic carbocycles. The first-order valence-electron chi connectivity index (χ1n) is 8.95. The number of hydrogen-bond donors (Lipinski definition) is 1. The molecule has 2 aliphatic rings. The van der Waals surface area contributed by atoms with Gasteiger partial charge in [-0.2, -0.15) is 22.8 Å². The maximum absolute atomic E-state index is 13.8. The summed E-state index contributed by atoms with van der Waals surface area (Å²) in [6, 6.07) is -0.237. The van der Waals surface area contributed by atoms with Crippen molar-refractivity contribution in [1.29, 1.82) is 5.26 Å². The third-order valence-electron chi connectivity index (χ3n) is 5.25. The molecule has 0 bridgehead atoms. The zero-order chi connectivity index (χ0) is 22.4. The van der Waals surface area contributed by atoms with Crippen molar-refractivity contribution >= 4 is 17.7 Å². The first-order chi connectivity index (χ1) is 13.3. The molecular formula is C17H21F5N4O3. The topological polar surface area (TPSA) is 93.5 Å². The van der Waals surface area contributed by atoms with Crippen LogP contribution in [-0.2, 0) is 14.4 Å². The fraction of sp³-hybridized carbons (Fsp3) is 0.765. The van der Waals surface area contributed by atoms with Crippen molar-refractivity contribution in [2.45, 2.75) is 56.3 Å². The van der Waals surface area contributed by atoms with Gasteiger partial charge < -0.3 is 15.1 Å². The molecule has 29 heavy (non-hydrogen) atoms. The molecule has 0 spiro atoms. The highest BCUT2D eigenvalue weighted by Crippen LogP contribution is 2.68. The fourth-order valence-corrected chi connectivity index (χ4v) is 3.35. The van der Waals surface area contributed by atoms with Gasteiger partial charge in [0.15, 0.2) is 0 Å². The quantitative estimate of drug-likeness (QED) is 0.646. The maximum Gasteiger partial charge on any atom is 0.362 e. The molecule has 162 valence electrons. The molecule has 1 saturated carbocycles. The molecule has 1 saturated heterocycles. The lowest BCUT2D eigenvalue weighted by Crippen LogP contribution is -2.53. The van der Waals surface area contributed by atoms with Crippen LogP contribution in [0.4, 0.5) is 22.0 Å². The summed E-state index contributed by atoms with van der Waals surface area (Å²) in [5, 5.41) is 10.7. The summed E-state index contributed by atoms with van der Waals surface area (Å²) in [6.45, 7) is 3.04. The van der Waals surface area contributed by atoms with Crippen LogP contribution in [0.15, 0.2) is 0 Å². The number of carbonyl (C=O) groups excluding carboxylic acids is 3. The molecule has 0 radical (unpaired) electrons. The summed E-state index contributed by atoms with van der Waals surface area (Å²) in [7, 11) is 1.18. The Hall–Kier alpha value is -2.45. The van der Waals surface area contributed by atoms with E-state index in [0.717, 1.165) is 4.90 Å². The minimum Gasteiger partial charge on any atom is -0.341 e. The van der Waals surface area contributed by atoms with Gasteiger partial charge >= 0.3 is 17.5 Å². The van der Waals surface area contributed by atoms with Crippen LogP contribution in [0.1, 0.15) is 26.7 Å². The standard InChI is InChI=1S/C17H21F5N4O3/c1-4-11(24-14(29)15(18)16(19,20)17(15,21)22)13(28)25(3)8-12(27)26-7-9(2)5-10(26)6-23/h9-11H,4-5,7-8H2,1-3H3,(H,24,29). The molecule has 3 amide bonds. The molecule has 0 aromatic heterocycles. The lowest BCUT2D eigenvalue weighted by Gasteiger charge is -2.27. The number of halogens is 5. The zero-order valence-corrected chi connectivity index (χ0v) is 16.0. The van der Waals surface area contributed by atoms with Gasteiger partial charge in [0.05, 0.1) is 12.6 Å². The number of nitrogens with one attached hydrogen (secondary N) is 1. The first kappa shape index (κ1) is 22.8. The van der Waals surface area contributed by atoms with E-state index in [-0.39, 0.29) is 12.3 Å². The molecule has 3 atom stereocenters. The highest BCUT2D eigenvalue weighted by Gasteiger charge is 3.02. The Morgan fingerprint density at radius 1 is 1.24 bits per heavy atom. The van der Waals surface area contributed by atoms with Gasteiger partial charge in [-0.15, -0.1) is 0 Å². The molecule has 12 heteroatoms. The number of hydrogen-bond acceptors (Lipinski definition) is 4. The number of rotatable bonds is 6. The second-order valence-corrected chi connectivity index (χ2v) is 7.47. The highest BCUT2D eigenvalue weighted by molar-refractivity contribution is 5.97. The highest BCUT2D eigenvalue weighted by atomic mass is 19.3. The smallest absolute Gasteiger partial charge is 0.341 e. The van der Waals surface area contributed by atoms with E-state index in [1.54, 1.807) is 5.32 Å². The minimum atomic E-state index is -5.16. The summed E-state index contributed by atoms with van der Waals surface area (Å²) in [4.78, 5) is 38.6. The number of nitrogens with zero attached hydrogens (tertiary/aromatic N) is 3. The Morgan fingerprint density at radius 2 is 1.79 bits per heavy atom. The van der Waals surface area contributed by atoms with Gasteiger partial charge in [-0.25, -0.2) is 4.39 Å². The maximum atomic E-state index is 13.8. The van der Waals surface area contributed by atoms with Crippen molar-refractivity contribution in [3.05, 3.63) is 0 Å². The van der Waals surface area contributed by atoms with Crippen LogP contribution >= 0.6 is 0 Å². The average Bonchev–Trinajstić information content (AvgIpc) is 2.94. The van der Waals surface area contributed by atoms with Crippen molar-refractivity contribution in [3.8, 4) is 6.07 Å². The number of likely N-dealkylation sites (tertiary alicyclic amines) is 1. The first-order valence-corrected chi connectivity index (χ1v) is 8.95. The summed E-state index contributed by atoms with van der Waals surface area (Å²) < 4.78 is 65.9. The van der Waals surface area contributed by atoms with Crippen molar-refractivity contribution in [2.75, 3.05) is 20.1 Å². The predicted molar refractivity (Wildman–Crippen MR) is 88.5 cm³/mol. The van der Waals surface area contributed by atoms with E-state index in [2.05, 4.69) is 0 Å². The number of alkyl halides is 5. The number of amides is 3. The molecule has 2 fully saturated rings. The second kappa shape index (κ2) is 7.42. The SMILES string of the molecule is CCC(NC(=O)C1(F)C(F)(F)C1(F)F)C(=O)N(C)CC(=O)N1CC(C)CC1C#N. The van der Waals surface area contributed by atoms with Crippen LogP contribution in [-0.4, -0.2) is 77.3 Å². The Kier molecular flexibility index (Phi) is 5.84. The molecule has 0 aromatic carbocycles. The Morgan fingerprint density at radius 3 is 2.24 bits per heavy atom. The van der Waals surface area contributed by atoms with Gasteiger partial charge in [0.25, 0.3) is 5.91 Å². The molecule has 3 unspecified atom stereocenters. The Labute approximate surface area is 163 Å². The third kappa shape index (κ3) is 3.40. The molecular weight excluding hydrogens is 403 g/mol. The summed E-state index contributed by atoms with van der Waals surface area (Å²) >= 11 is 0. The molecule has 1 aliphatic heterocycles. The van der Waals surface area contributed by atoms with Crippen LogP contribution in [0.3, 0.4) is 0 Å². The van der Waals surface area contributed by atoms with Crippen LogP contribution in [0, 0.1) is 17.2 Å². The van der Waals surface area contributed by atoms with Crippen LogP contribution < -0.4 is 5.32 Å². The van der Waals surface area contributed by atoms with Gasteiger partial charge in [-0.3, -0.25) is 14.4 Å². The minimum absolute atomic E-state index is 0.0925. The van der Waals surface area contributed by atoms with Gasteiger partial charge in [0.2, 0.25) is 11.8 Å². The van der Waals surface area contributed by atoms with Gasteiger partial charge in [-0.1, -0.05) is 13.8 Å². The van der Waals surface area contributed by atoms with Crippen molar-refractivity contribution in [1.82, 2.24) is 15.1 Å². The van der Waals surface area contributed by atoms with E-state index in [0.29, 0.717) is 13.0 Å². The van der Waals surface area contributed by atoms with E-state index >= 15 is 0 Å². The monoisotopic (exact) mass is 424 g/mol. The number of likely N-dealkylation sites (N-methyl/N-ethyl adjacent to an activating group) is 1. The van der Waals surface area contributed by atoms with Crippen molar-refractivity contribution < 1.29 is 36.3 Å². The average molecular weight is 424 g/mol. The number of nitriles is 1. The fourth-order valence-electron chi connectivity index (χ4n) is 3.35. The van der Waals surface area contributed by atoms with E-state index in [1.807, 2.05) is 13.0 Å². The Bertz CT molecular complexity index is 740. The van der Waals surface area contributed by atoms with Crippen molar-refractivity contribution in [3.63, 3.8) is 0 Å². The molecule has 0 aromatic rings. The summed E-state index contributed by atoms with van der Waals surface area (Å²) in [6.07, 6.45) is 0.270.